The second kappa shape index (κ2) is 4.33. The lowest BCUT2D eigenvalue weighted by Crippen LogP contribution is -2.19. The summed E-state index contributed by atoms with van der Waals surface area (Å²) in [6.07, 6.45) is 4.21. The van der Waals surface area contributed by atoms with Crippen molar-refractivity contribution >= 4 is 11.6 Å². The summed E-state index contributed by atoms with van der Waals surface area (Å²) in [6, 6.07) is 3.49. The van der Waals surface area contributed by atoms with Crippen molar-refractivity contribution in [3.05, 3.63) is 35.4 Å². The first kappa shape index (κ1) is 11.8. The van der Waals surface area contributed by atoms with Crippen LogP contribution >= 0.6 is 11.6 Å². The van der Waals surface area contributed by atoms with Gasteiger partial charge < -0.3 is 0 Å². The molecule has 0 bridgehead atoms. The van der Waals surface area contributed by atoms with Crippen LogP contribution in [0.25, 0.3) is 0 Å². The van der Waals surface area contributed by atoms with Crippen molar-refractivity contribution in [3.63, 3.8) is 0 Å². The quantitative estimate of drug-likeness (QED) is 0.654. The van der Waals surface area contributed by atoms with Gasteiger partial charge in [-0.25, -0.2) is 8.78 Å². The fraction of sp³-hybridized carbons (Fsp3) is 0.538. The summed E-state index contributed by atoms with van der Waals surface area (Å²) in [5.74, 6) is -0.835. The summed E-state index contributed by atoms with van der Waals surface area (Å²) in [6.45, 7) is 2.06. The van der Waals surface area contributed by atoms with E-state index in [1.807, 2.05) is 0 Å². The molecule has 0 radical (unpaired) electrons. The normalized spacial score (nSPS) is 21.0. The molecule has 1 fully saturated rings. The Bertz CT molecular complexity index is 384. The van der Waals surface area contributed by atoms with Gasteiger partial charge in [-0.15, -0.1) is 11.6 Å². The summed E-state index contributed by atoms with van der Waals surface area (Å²) >= 11 is 6.32. The van der Waals surface area contributed by atoms with Crippen molar-refractivity contribution in [1.29, 1.82) is 0 Å². The number of hydrogen-bond acceptors (Lipinski definition) is 0. The summed E-state index contributed by atoms with van der Waals surface area (Å²) in [4.78, 5) is 0. The van der Waals surface area contributed by atoms with Gasteiger partial charge in [-0.2, -0.15) is 0 Å². The average molecular weight is 245 g/mol. The van der Waals surface area contributed by atoms with Crippen LogP contribution in [0.5, 0.6) is 0 Å². The predicted octanol–water partition coefficient (Wildman–Crippen LogP) is 4.83. The van der Waals surface area contributed by atoms with E-state index in [2.05, 4.69) is 6.92 Å². The first-order valence-electron chi connectivity index (χ1n) is 5.62. The third-order valence-corrected chi connectivity index (χ3v) is 4.35. The van der Waals surface area contributed by atoms with Gasteiger partial charge in [0.25, 0.3) is 0 Å². The lowest BCUT2D eigenvalue weighted by Gasteiger charge is -2.29. The van der Waals surface area contributed by atoms with Crippen molar-refractivity contribution < 1.29 is 8.78 Å². The topological polar surface area (TPSA) is 0 Å². The molecule has 2 rings (SSSR count). The number of benzene rings is 1. The van der Waals surface area contributed by atoms with Gasteiger partial charge in [0.1, 0.15) is 11.6 Å². The number of halogens is 3. The molecule has 16 heavy (non-hydrogen) atoms. The molecule has 88 valence electrons. The van der Waals surface area contributed by atoms with Gasteiger partial charge in [-0.3, -0.25) is 0 Å². The molecule has 1 aliphatic rings. The highest BCUT2D eigenvalue weighted by atomic mass is 35.5. The van der Waals surface area contributed by atoms with Crippen LogP contribution in [0.3, 0.4) is 0 Å². The first-order valence-corrected chi connectivity index (χ1v) is 6.06. The molecule has 1 aromatic carbocycles. The van der Waals surface area contributed by atoms with Crippen molar-refractivity contribution in [3.8, 4) is 0 Å². The molecule has 1 unspecified atom stereocenters. The van der Waals surface area contributed by atoms with E-state index in [9.17, 15) is 8.78 Å². The number of alkyl halides is 1. The SMILES string of the molecule is CC1(C(Cl)c2cc(F)ccc2F)CCCC1. The molecule has 0 N–H and O–H groups in total. The molecule has 1 aliphatic carbocycles. The minimum atomic E-state index is -0.439. The monoisotopic (exact) mass is 244 g/mol. The Morgan fingerprint density at radius 3 is 2.50 bits per heavy atom. The van der Waals surface area contributed by atoms with Crippen molar-refractivity contribution in [2.24, 2.45) is 5.41 Å². The van der Waals surface area contributed by atoms with Crippen molar-refractivity contribution in [1.82, 2.24) is 0 Å². The fourth-order valence-corrected chi connectivity index (χ4v) is 2.91. The third kappa shape index (κ3) is 2.08. The van der Waals surface area contributed by atoms with Crippen molar-refractivity contribution in [2.45, 2.75) is 38.0 Å². The van der Waals surface area contributed by atoms with Crippen LogP contribution < -0.4 is 0 Å². The Hall–Kier alpha value is -0.630. The Labute approximate surface area is 99.6 Å². The zero-order valence-corrected chi connectivity index (χ0v) is 10.0. The molecule has 0 aliphatic heterocycles. The van der Waals surface area contributed by atoms with E-state index >= 15 is 0 Å². The Morgan fingerprint density at radius 2 is 1.88 bits per heavy atom. The average Bonchev–Trinajstić information content (AvgIpc) is 2.69. The highest BCUT2D eigenvalue weighted by molar-refractivity contribution is 6.21. The van der Waals surface area contributed by atoms with Gasteiger partial charge >= 0.3 is 0 Å². The largest absolute Gasteiger partial charge is 0.207 e. The van der Waals surface area contributed by atoms with Crippen LogP contribution in [0.15, 0.2) is 18.2 Å². The summed E-state index contributed by atoms with van der Waals surface area (Å²) < 4.78 is 26.7. The summed E-state index contributed by atoms with van der Waals surface area (Å²) in [5, 5.41) is -0.439. The van der Waals surface area contributed by atoms with E-state index in [1.54, 1.807) is 0 Å². The Kier molecular flexibility index (Phi) is 3.20. The van der Waals surface area contributed by atoms with Crippen LogP contribution in [0.2, 0.25) is 0 Å². The van der Waals surface area contributed by atoms with Gasteiger partial charge in [0.2, 0.25) is 0 Å². The number of rotatable bonds is 2. The van der Waals surface area contributed by atoms with E-state index in [1.165, 1.54) is 6.07 Å². The summed E-state index contributed by atoms with van der Waals surface area (Å²) in [5.41, 5.74) is 0.196. The van der Waals surface area contributed by atoms with Gasteiger partial charge in [-0.1, -0.05) is 19.8 Å². The Morgan fingerprint density at radius 1 is 1.25 bits per heavy atom. The van der Waals surface area contributed by atoms with Gasteiger partial charge in [-0.05, 0) is 36.5 Å². The molecule has 1 aromatic rings. The van der Waals surface area contributed by atoms with Gasteiger partial charge in [0, 0.05) is 5.56 Å². The maximum absolute atomic E-state index is 13.6. The highest BCUT2D eigenvalue weighted by Crippen LogP contribution is 2.51. The molecular formula is C13H15ClF2. The minimum Gasteiger partial charge on any atom is -0.207 e. The second-order valence-electron chi connectivity index (χ2n) is 4.89. The second-order valence-corrected chi connectivity index (χ2v) is 5.33. The predicted molar refractivity (Wildman–Crippen MR) is 61.5 cm³/mol. The molecule has 0 aromatic heterocycles. The highest BCUT2D eigenvalue weighted by Gasteiger charge is 2.37. The van der Waals surface area contributed by atoms with E-state index in [0.29, 0.717) is 5.56 Å². The zero-order valence-electron chi connectivity index (χ0n) is 9.27. The van der Waals surface area contributed by atoms with Crippen molar-refractivity contribution in [2.75, 3.05) is 0 Å². The van der Waals surface area contributed by atoms with E-state index in [-0.39, 0.29) is 5.41 Å². The molecule has 0 heterocycles. The molecular weight excluding hydrogens is 230 g/mol. The van der Waals surface area contributed by atoms with Crippen LogP contribution in [0.4, 0.5) is 8.78 Å². The molecule has 1 atom stereocenters. The van der Waals surface area contributed by atoms with E-state index in [0.717, 1.165) is 37.8 Å². The smallest absolute Gasteiger partial charge is 0.128 e. The standard InChI is InChI=1S/C13H15ClF2/c1-13(6-2-3-7-13)12(14)10-8-9(15)4-5-11(10)16/h4-5,8,12H,2-3,6-7H2,1H3. The Balaban J connectivity index is 2.32. The fourth-order valence-electron chi connectivity index (χ4n) is 2.52. The third-order valence-electron chi connectivity index (χ3n) is 3.59. The molecule has 0 amide bonds. The van der Waals surface area contributed by atoms with E-state index < -0.39 is 17.0 Å². The lowest BCUT2D eigenvalue weighted by atomic mass is 9.81. The minimum absolute atomic E-state index is 0.101. The zero-order chi connectivity index (χ0) is 11.8. The van der Waals surface area contributed by atoms with Gasteiger partial charge in [0.05, 0.1) is 5.38 Å². The molecule has 3 heteroatoms. The maximum Gasteiger partial charge on any atom is 0.128 e. The van der Waals surface area contributed by atoms with Crippen LogP contribution in [-0.4, -0.2) is 0 Å². The molecule has 0 spiro atoms. The molecule has 0 nitrogen and oxygen atoms in total. The van der Waals surface area contributed by atoms with Crippen LogP contribution in [-0.2, 0) is 0 Å². The maximum atomic E-state index is 13.6. The van der Waals surface area contributed by atoms with E-state index in [4.69, 9.17) is 11.6 Å². The van der Waals surface area contributed by atoms with Crippen LogP contribution in [0, 0.1) is 17.0 Å². The van der Waals surface area contributed by atoms with Gasteiger partial charge in [0.15, 0.2) is 0 Å². The molecule has 1 saturated carbocycles. The first-order chi connectivity index (χ1) is 7.53. The number of hydrogen-bond donors (Lipinski definition) is 0. The lowest BCUT2D eigenvalue weighted by molar-refractivity contribution is 0.316. The summed E-state index contributed by atoms with van der Waals surface area (Å²) in [7, 11) is 0. The van der Waals surface area contributed by atoms with Crippen LogP contribution in [0.1, 0.15) is 43.5 Å². The molecule has 0 saturated heterocycles.